The summed E-state index contributed by atoms with van der Waals surface area (Å²) >= 11 is 3.43. The molecule has 1 aliphatic rings. The van der Waals surface area contributed by atoms with Crippen LogP contribution >= 0.6 is 15.9 Å². The van der Waals surface area contributed by atoms with Crippen LogP contribution in [0, 0.1) is 0 Å². The Kier molecular flexibility index (Phi) is 5.58. The molecule has 0 aliphatic carbocycles. The monoisotopic (exact) mass is 446 g/mol. The average molecular weight is 447 g/mol. The highest BCUT2D eigenvalue weighted by Crippen LogP contribution is 2.27. The zero-order valence-corrected chi connectivity index (χ0v) is 17.5. The smallest absolute Gasteiger partial charge is 0.280 e. The number of carbonyl (C=O) groups is 1. The molecule has 0 unspecified atom stereocenters. The largest absolute Gasteiger partial charge is 0.489 e. The third-order valence-corrected chi connectivity index (χ3v) is 5.05. The fraction of sp³-hybridized carbons (Fsp3) is 0.0833. The molecule has 3 aromatic carbocycles. The summed E-state index contributed by atoms with van der Waals surface area (Å²) in [5.41, 5.74) is 4.06. The van der Waals surface area contributed by atoms with Crippen molar-refractivity contribution >= 4 is 39.3 Å². The minimum atomic E-state index is -0.134. The van der Waals surface area contributed by atoms with Gasteiger partial charge in [0.25, 0.3) is 5.91 Å². The number of ether oxygens (including phenoxy) is 1. The molecule has 29 heavy (non-hydrogen) atoms. The van der Waals surface area contributed by atoms with Gasteiger partial charge in [0.15, 0.2) is 0 Å². The van der Waals surface area contributed by atoms with Gasteiger partial charge in [0.2, 0.25) is 0 Å². The lowest BCUT2D eigenvalue weighted by Gasteiger charge is -2.11. The number of rotatable bonds is 5. The van der Waals surface area contributed by atoms with Gasteiger partial charge in [-0.15, -0.1) is 0 Å². The first-order valence-corrected chi connectivity index (χ1v) is 10.0. The number of amides is 1. The first kappa shape index (κ1) is 19.2. The Balaban J connectivity index is 1.48. The topological polar surface area (TPSA) is 41.9 Å². The van der Waals surface area contributed by atoms with Crippen LogP contribution in [-0.4, -0.2) is 11.6 Å². The molecule has 0 spiro atoms. The summed E-state index contributed by atoms with van der Waals surface area (Å²) in [5.74, 6) is 0.653. The minimum absolute atomic E-state index is 0.134. The summed E-state index contributed by atoms with van der Waals surface area (Å²) in [6, 6.07) is 25.3. The van der Waals surface area contributed by atoms with Gasteiger partial charge in [-0.05, 0) is 54.5 Å². The molecule has 5 heteroatoms. The van der Waals surface area contributed by atoms with Gasteiger partial charge in [-0.1, -0.05) is 64.5 Å². The Morgan fingerprint density at radius 3 is 2.48 bits per heavy atom. The molecular formula is C24H19BrN2O2. The van der Waals surface area contributed by atoms with E-state index in [1.54, 1.807) is 0 Å². The first-order chi connectivity index (χ1) is 14.1. The van der Waals surface area contributed by atoms with Crippen LogP contribution in [0.25, 0.3) is 6.08 Å². The van der Waals surface area contributed by atoms with Gasteiger partial charge < -0.3 is 4.74 Å². The van der Waals surface area contributed by atoms with Crippen molar-refractivity contribution in [1.82, 2.24) is 0 Å². The van der Waals surface area contributed by atoms with E-state index in [1.165, 1.54) is 5.01 Å². The molecule has 0 bridgehead atoms. The Bertz CT molecular complexity index is 1090. The maximum absolute atomic E-state index is 12.9. The van der Waals surface area contributed by atoms with Crippen LogP contribution in [0.4, 0.5) is 5.69 Å². The predicted molar refractivity (Wildman–Crippen MR) is 120 cm³/mol. The Morgan fingerprint density at radius 2 is 1.76 bits per heavy atom. The van der Waals surface area contributed by atoms with Gasteiger partial charge in [-0.2, -0.15) is 10.1 Å². The molecule has 0 saturated carbocycles. The maximum atomic E-state index is 12.9. The van der Waals surface area contributed by atoms with Crippen molar-refractivity contribution in [1.29, 1.82) is 0 Å². The van der Waals surface area contributed by atoms with Gasteiger partial charge in [-0.3, -0.25) is 4.79 Å². The van der Waals surface area contributed by atoms with E-state index >= 15 is 0 Å². The van der Waals surface area contributed by atoms with E-state index in [0.717, 1.165) is 27.0 Å². The van der Waals surface area contributed by atoms with Crippen molar-refractivity contribution in [2.75, 3.05) is 5.01 Å². The number of hydrogen-bond acceptors (Lipinski definition) is 3. The molecule has 0 radical (unpaired) electrons. The van der Waals surface area contributed by atoms with Gasteiger partial charge >= 0.3 is 0 Å². The number of benzene rings is 3. The molecular weight excluding hydrogens is 428 g/mol. The van der Waals surface area contributed by atoms with E-state index in [9.17, 15) is 4.79 Å². The molecule has 0 aromatic heterocycles. The fourth-order valence-corrected chi connectivity index (χ4v) is 3.42. The zero-order valence-electron chi connectivity index (χ0n) is 15.9. The quantitative estimate of drug-likeness (QED) is 0.462. The lowest BCUT2D eigenvalue weighted by atomic mass is 10.1. The summed E-state index contributed by atoms with van der Waals surface area (Å²) in [6.07, 6.45) is 1.86. The van der Waals surface area contributed by atoms with E-state index in [-0.39, 0.29) is 5.91 Å². The lowest BCUT2D eigenvalue weighted by molar-refractivity contribution is -0.114. The van der Waals surface area contributed by atoms with Crippen LogP contribution in [0.2, 0.25) is 0 Å². The van der Waals surface area contributed by atoms with Crippen LogP contribution in [0.3, 0.4) is 0 Å². The summed E-state index contributed by atoms with van der Waals surface area (Å²) in [5, 5.41) is 5.86. The number of carbonyl (C=O) groups excluding carboxylic acids is 1. The molecule has 1 heterocycles. The van der Waals surface area contributed by atoms with E-state index in [2.05, 4.69) is 21.0 Å². The van der Waals surface area contributed by atoms with Crippen LogP contribution in [-0.2, 0) is 11.4 Å². The predicted octanol–water partition coefficient (Wildman–Crippen LogP) is 5.83. The van der Waals surface area contributed by atoms with Crippen LogP contribution in [0.5, 0.6) is 5.75 Å². The van der Waals surface area contributed by atoms with Gasteiger partial charge in [0, 0.05) is 4.47 Å². The van der Waals surface area contributed by atoms with Crippen molar-refractivity contribution < 1.29 is 9.53 Å². The number of nitrogens with zero attached hydrogens (tertiary/aromatic N) is 2. The highest BCUT2D eigenvalue weighted by molar-refractivity contribution is 9.10. The fourth-order valence-electron chi connectivity index (χ4n) is 3.04. The average Bonchev–Trinajstić information content (AvgIpc) is 3.02. The SMILES string of the molecule is CC1=NN(c2cccc(Br)c2)C(=O)/C1=C\c1ccc(OCc2ccccc2)cc1. The van der Waals surface area contributed by atoms with Crippen molar-refractivity contribution in [3.8, 4) is 5.75 Å². The van der Waals surface area contributed by atoms with E-state index in [0.29, 0.717) is 17.9 Å². The normalized spacial score (nSPS) is 15.0. The summed E-state index contributed by atoms with van der Waals surface area (Å²) in [7, 11) is 0. The Hall–Kier alpha value is -3.18. The number of hydrogen-bond donors (Lipinski definition) is 0. The van der Waals surface area contributed by atoms with Crippen molar-refractivity contribution in [2.24, 2.45) is 5.10 Å². The lowest BCUT2D eigenvalue weighted by Crippen LogP contribution is -2.21. The van der Waals surface area contributed by atoms with E-state index in [1.807, 2.05) is 91.9 Å². The zero-order chi connectivity index (χ0) is 20.2. The van der Waals surface area contributed by atoms with E-state index < -0.39 is 0 Å². The standard InChI is InChI=1S/C24H19BrN2O2/c1-17-23(24(28)27(26-17)21-9-5-8-20(25)15-21)14-18-10-12-22(13-11-18)29-16-19-6-3-2-4-7-19/h2-15H,16H2,1H3/b23-14-. The Morgan fingerprint density at radius 1 is 1.00 bits per heavy atom. The van der Waals surface area contributed by atoms with Crippen LogP contribution < -0.4 is 9.75 Å². The molecule has 0 atom stereocenters. The molecule has 1 amide bonds. The molecule has 3 aromatic rings. The number of hydrazone groups is 1. The third-order valence-electron chi connectivity index (χ3n) is 4.55. The second-order valence-electron chi connectivity index (χ2n) is 6.68. The molecule has 0 saturated heterocycles. The first-order valence-electron chi connectivity index (χ1n) is 9.24. The second kappa shape index (κ2) is 8.45. The maximum Gasteiger partial charge on any atom is 0.280 e. The van der Waals surface area contributed by atoms with Crippen molar-refractivity contribution in [3.63, 3.8) is 0 Å². The summed E-state index contributed by atoms with van der Waals surface area (Å²) in [6.45, 7) is 2.37. The van der Waals surface area contributed by atoms with Crippen molar-refractivity contribution in [2.45, 2.75) is 13.5 Å². The summed E-state index contributed by atoms with van der Waals surface area (Å²) < 4.78 is 6.72. The number of anilines is 1. The molecule has 0 N–H and O–H groups in total. The molecule has 4 rings (SSSR count). The highest BCUT2D eigenvalue weighted by Gasteiger charge is 2.28. The highest BCUT2D eigenvalue weighted by atomic mass is 79.9. The van der Waals surface area contributed by atoms with Gasteiger partial charge in [-0.25, -0.2) is 0 Å². The molecule has 1 aliphatic heterocycles. The number of halogens is 1. The van der Waals surface area contributed by atoms with Crippen LogP contribution in [0.15, 0.2) is 94.0 Å². The van der Waals surface area contributed by atoms with Crippen LogP contribution in [0.1, 0.15) is 18.1 Å². The second-order valence-corrected chi connectivity index (χ2v) is 7.60. The summed E-state index contributed by atoms with van der Waals surface area (Å²) in [4.78, 5) is 12.9. The molecule has 4 nitrogen and oxygen atoms in total. The van der Waals surface area contributed by atoms with E-state index in [4.69, 9.17) is 4.74 Å². The minimum Gasteiger partial charge on any atom is -0.489 e. The molecule has 144 valence electrons. The van der Waals surface area contributed by atoms with Crippen molar-refractivity contribution in [3.05, 3.63) is 100 Å². The third kappa shape index (κ3) is 4.46. The Labute approximate surface area is 178 Å². The molecule has 0 fully saturated rings. The van der Waals surface area contributed by atoms with Gasteiger partial charge in [0.1, 0.15) is 12.4 Å². The van der Waals surface area contributed by atoms with Gasteiger partial charge in [0.05, 0.1) is 17.0 Å².